The fourth-order valence-corrected chi connectivity index (χ4v) is 7.32. The monoisotopic (exact) mass is 357 g/mol. The Morgan fingerprint density at radius 3 is 1.32 bits per heavy atom. The summed E-state index contributed by atoms with van der Waals surface area (Å²) in [5.41, 5.74) is 0. The van der Waals surface area contributed by atoms with Crippen LogP contribution in [0.3, 0.4) is 0 Å². The van der Waals surface area contributed by atoms with Crippen LogP contribution in [0.1, 0.15) is 73.1 Å². The molecule has 0 saturated heterocycles. The lowest BCUT2D eigenvalue weighted by Gasteiger charge is -2.26. The maximum atomic E-state index is 9.56. The Bertz CT molecular complexity index is 309. The van der Waals surface area contributed by atoms with E-state index in [9.17, 15) is 8.42 Å². The van der Waals surface area contributed by atoms with Crippen molar-refractivity contribution in [1.82, 2.24) is 0 Å². The molecule has 136 valence electrons. The van der Waals surface area contributed by atoms with Crippen LogP contribution in [-0.4, -0.2) is 44.2 Å². The topological polar surface area (TPSA) is 63.6 Å². The molecule has 0 heterocycles. The van der Waals surface area contributed by atoms with E-state index >= 15 is 0 Å². The van der Waals surface area contributed by atoms with Gasteiger partial charge in [-0.25, -0.2) is 4.18 Å². The molecule has 0 aromatic carbocycles. The molecular formula is C16H38O4PS+. The third-order valence-corrected chi connectivity index (χ3v) is 9.57. The highest BCUT2D eigenvalue weighted by Crippen LogP contribution is 2.60. The lowest BCUT2D eigenvalue weighted by atomic mass is 10.4. The first-order valence-corrected chi connectivity index (χ1v) is 12.7. The Morgan fingerprint density at radius 2 is 1.18 bits per heavy atom. The van der Waals surface area contributed by atoms with Crippen molar-refractivity contribution in [2.75, 3.05) is 31.3 Å². The van der Waals surface area contributed by atoms with Crippen molar-refractivity contribution in [1.29, 1.82) is 0 Å². The third kappa shape index (κ3) is 15.2. The number of unbranched alkanes of at least 4 members (excludes halogenated alkanes) is 3. The first-order valence-electron chi connectivity index (χ1n) is 8.77. The summed E-state index contributed by atoms with van der Waals surface area (Å²) >= 11 is 0. The van der Waals surface area contributed by atoms with Crippen LogP contribution in [0.4, 0.5) is 0 Å². The summed E-state index contributed by atoms with van der Waals surface area (Å²) in [7, 11) is -4.70. The molecule has 22 heavy (non-hydrogen) atoms. The van der Waals surface area contributed by atoms with Crippen molar-refractivity contribution in [2.24, 2.45) is 0 Å². The quantitative estimate of drug-likeness (QED) is 0.383. The molecule has 0 aromatic rings. The van der Waals surface area contributed by atoms with E-state index in [2.05, 4.69) is 31.9 Å². The Kier molecular flexibility index (Phi) is 16.6. The molecular weight excluding hydrogens is 319 g/mol. The zero-order chi connectivity index (χ0) is 17.5. The van der Waals surface area contributed by atoms with Crippen LogP contribution in [0.5, 0.6) is 0 Å². The number of hydrogen-bond acceptors (Lipinski definition) is 3. The minimum absolute atomic E-state index is 0.0289. The van der Waals surface area contributed by atoms with Crippen molar-refractivity contribution in [3.63, 3.8) is 0 Å². The van der Waals surface area contributed by atoms with E-state index in [1.165, 1.54) is 51.6 Å². The molecule has 0 rings (SSSR count). The fourth-order valence-electron chi connectivity index (χ4n) is 2.44. The van der Waals surface area contributed by atoms with Gasteiger partial charge in [-0.2, -0.15) is 8.42 Å². The Labute approximate surface area is 139 Å². The van der Waals surface area contributed by atoms with E-state index in [0.717, 1.165) is 0 Å². The number of hydrogen-bond donors (Lipinski definition) is 1. The maximum absolute atomic E-state index is 9.56. The van der Waals surface area contributed by atoms with Gasteiger partial charge in [-0.15, -0.1) is 0 Å². The second-order valence-corrected chi connectivity index (χ2v) is 11.5. The molecule has 0 unspecified atom stereocenters. The van der Waals surface area contributed by atoms with Crippen LogP contribution in [0.25, 0.3) is 0 Å². The van der Waals surface area contributed by atoms with Crippen LogP contribution in [0.2, 0.25) is 0 Å². The Balaban J connectivity index is 0. The van der Waals surface area contributed by atoms with E-state index in [0.29, 0.717) is 0 Å². The van der Waals surface area contributed by atoms with Crippen molar-refractivity contribution < 1.29 is 17.2 Å². The predicted octanol–water partition coefficient (Wildman–Crippen LogP) is 5.25. The first kappa shape index (κ1) is 24.6. The standard InChI is InChI=1S/C14H32P.C2H6O4S/c1-5-9-12-15(8-4,13-10-6-2)14-11-7-3;1-2-6-7(3,4)5/h5-14H2,1-4H3;2H2,1H3,(H,3,4,5)/q+1;. The molecule has 1 N–H and O–H groups in total. The molecule has 0 radical (unpaired) electrons. The van der Waals surface area contributed by atoms with Gasteiger partial charge in [0.1, 0.15) is 0 Å². The van der Waals surface area contributed by atoms with Gasteiger partial charge in [0.05, 0.1) is 31.3 Å². The Hall–Kier alpha value is 0.300. The van der Waals surface area contributed by atoms with E-state index in [1.54, 1.807) is 18.5 Å². The van der Waals surface area contributed by atoms with E-state index in [4.69, 9.17) is 4.55 Å². The summed E-state index contributed by atoms with van der Waals surface area (Å²) in [4.78, 5) is 0. The highest BCUT2D eigenvalue weighted by molar-refractivity contribution is 7.80. The molecule has 0 bridgehead atoms. The maximum Gasteiger partial charge on any atom is 0.397 e. The minimum Gasteiger partial charge on any atom is -0.264 e. The zero-order valence-electron chi connectivity index (χ0n) is 15.3. The lowest BCUT2D eigenvalue weighted by molar-refractivity contribution is 0.283. The van der Waals surface area contributed by atoms with Crippen LogP contribution in [0, 0.1) is 0 Å². The van der Waals surface area contributed by atoms with E-state index in [-0.39, 0.29) is 6.61 Å². The summed E-state index contributed by atoms with van der Waals surface area (Å²) in [6.07, 6.45) is 14.9. The molecule has 0 fully saturated rings. The van der Waals surface area contributed by atoms with Gasteiger partial charge < -0.3 is 0 Å². The van der Waals surface area contributed by atoms with Gasteiger partial charge in [-0.3, -0.25) is 4.55 Å². The largest absolute Gasteiger partial charge is 0.397 e. The summed E-state index contributed by atoms with van der Waals surface area (Å²) < 4.78 is 30.7. The smallest absolute Gasteiger partial charge is 0.264 e. The highest BCUT2D eigenvalue weighted by atomic mass is 32.3. The highest BCUT2D eigenvalue weighted by Gasteiger charge is 2.32. The van der Waals surface area contributed by atoms with Crippen LogP contribution >= 0.6 is 7.26 Å². The molecule has 4 nitrogen and oxygen atoms in total. The van der Waals surface area contributed by atoms with E-state index in [1.807, 2.05) is 0 Å². The van der Waals surface area contributed by atoms with Gasteiger partial charge in [-0.05, 0) is 33.1 Å². The predicted molar refractivity (Wildman–Crippen MR) is 100.0 cm³/mol. The van der Waals surface area contributed by atoms with Gasteiger partial charge in [0, 0.05) is 7.26 Å². The molecule has 0 aliphatic carbocycles. The fraction of sp³-hybridized carbons (Fsp3) is 1.00. The van der Waals surface area contributed by atoms with E-state index < -0.39 is 17.7 Å². The first-order chi connectivity index (χ1) is 10.3. The van der Waals surface area contributed by atoms with Crippen molar-refractivity contribution in [3.8, 4) is 0 Å². The van der Waals surface area contributed by atoms with Gasteiger partial charge in [-0.1, -0.05) is 40.0 Å². The summed E-state index contributed by atoms with van der Waals surface area (Å²) in [6, 6.07) is 0. The summed E-state index contributed by atoms with van der Waals surface area (Å²) in [5.74, 6) is 0. The zero-order valence-corrected chi connectivity index (χ0v) is 17.0. The minimum atomic E-state index is -4.17. The molecule has 0 aliphatic rings. The molecule has 6 heteroatoms. The third-order valence-electron chi connectivity index (χ3n) is 3.90. The molecule has 0 amide bonds. The second-order valence-electron chi connectivity index (χ2n) is 5.72. The average molecular weight is 358 g/mol. The summed E-state index contributed by atoms with van der Waals surface area (Å²) in [6.45, 7) is 10.9. The number of rotatable bonds is 12. The van der Waals surface area contributed by atoms with Gasteiger partial charge >= 0.3 is 10.4 Å². The average Bonchev–Trinajstić information content (AvgIpc) is 2.46. The van der Waals surface area contributed by atoms with Crippen molar-refractivity contribution >= 4 is 17.7 Å². The van der Waals surface area contributed by atoms with Crippen molar-refractivity contribution in [2.45, 2.75) is 73.1 Å². The molecule has 0 spiro atoms. The molecule has 0 atom stereocenters. The van der Waals surface area contributed by atoms with Crippen LogP contribution in [0.15, 0.2) is 0 Å². The second kappa shape index (κ2) is 14.9. The Morgan fingerprint density at radius 1 is 0.818 bits per heavy atom. The van der Waals surface area contributed by atoms with Crippen LogP contribution < -0.4 is 0 Å². The molecule has 0 aromatic heterocycles. The lowest BCUT2D eigenvalue weighted by Crippen LogP contribution is -2.11. The van der Waals surface area contributed by atoms with Crippen molar-refractivity contribution in [3.05, 3.63) is 0 Å². The van der Waals surface area contributed by atoms with Gasteiger partial charge in [0.15, 0.2) is 0 Å². The SMILES string of the molecule is CCCC[P+](CC)(CCCC)CCCC.CCOS(=O)(=O)O. The van der Waals surface area contributed by atoms with Gasteiger partial charge in [0.2, 0.25) is 0 Å². The molecule has 0 saturated carbocycles. The summed E-state index contributed by atoms with van der Waals surface area (Å²) in [5, 5.41) is 0. The van der Waals surface area contributed by atoms with Gasteiger partial charge in [0.25, 0.3) is 0 Å². The molecule has 0 aliphatic heterocycles. The van der Waals surface area contributed by atoms with Crippen LogP contribution in [-0.2, 0) is 14.6 Å². The normalized spacial score (nSPS) is 11.9.